The number of methoxy groups -OCH3 is 1. The van der Waals surface area contributed by atoms with Crippen molar-refractivity contribution < 1.29 is 22.7 Å². The molecule has 2 N–H and O–H groups in total. The maximum atomic E-state index is 12.6. The van der Waals surface area contributed by atoms with Crippen LogP contribution in [0.2, 0.25) is 0 Å². The molecule has 0 aliphatic carbocycles. The first-order valence-corrected chi connectivity index (χ1v) is 10.6. The fourth-order valence-corrected chi connectivity index (χ4v) is 3.78. The lowest BCUT2D eigenvalue weighted by Gasteiger charge is -2.11. The summed E-state index contributed by atoms with van der Waals surface area (Å²) in [7, 11) is -2.18. The summed E-state index contributed by atoms with van der Waals surface area (Å²) in [6, 6.07) is 20.0. The largest absolute Gasteiger partial charge is 0.497 e. The second-order valence-electron chi connectivity index (χ2n) is 6.46. The Morgan fingerprint density at radius 1 is 0.933 bits per heavy atom. The molecule has 0 radical (unpaired) electrons. The molecule has 3 aromatic rings. The SMILES string of the molecule is COc1cccc(NC(=O)COc2ccc(S(=O)(=O)Nc3ccccc3C)cc2)c1. The van der Waals surface area contributed by atoms with Gasteiger partial charge in [0.15, 0.2) is 6.61 Å². The van der Waals surface area contributed by atoms with Crippen molar-refractivity contribution in [2.24, 2.45) is 0 Å². The summed E-state index contributed by atoms with van der Waals surface area (Å²) in [5.41, 5.74) is 1.93. The van der Waals surface area contributed by atoms with E-state index >= 15 is 0 Å². The Labute approximate surface area is 175 Å². The summed E-state index contributed by atoms with van der Waals surface area (Å²) < 4.78 is 38.2. The predicted molar refractivity (Wildman–Crippen MR) is 116 cm³/mol. The van der Waals surface area contributed by atoms with Crippen LogP contribution in [0.5, 0.6) is 11.5 Å². The van der Waals surface area contributed by atoms with Gasteiger partial charge in [-0.25, -0.2) is 8.42 Å². The number of ether oxygens (including phenoxy) is 2. The number of para-hydroxylation sites is 1. The van der Waals surface area contributed by atoms with Gasteiger partial charge in [0.05, 0.1) is 17.7 Å². The molecule has 0 atom stereocenters. The Morgan fingerprint density at radius 3 is 2.37 bits per heavy atom. The van der Waals surface area contributed by atoms with Crippen LogP contribution in [0.4, 0.5) is 11.4 Å². The minimum Gasteiger partial charge on any atom is -0.497 e. The van der Waals surface area contributed by atoms with Crippen LogP contribution in [0, 0.1) is 6.92 Å². The third-order valence-electron chi connectivity index (χ3n) is 4.25. The lowest BCUT2D eigenvalue weighted by molar-refractivity contribution is -0.118. The van der Waals surface area contributed by atoms with E-state index in [0.29, 0.717) is 22.9 Å². The van der Waals surface area contributed by atoms with Gasteiger partial charge in [0.2, 0.25) is 0 Å². The summed E-state index contributed by atoms with van der Waals surface area (Å²) in [6.07, 6.45) is 0. The Kier molecular flexibility index (Phi) is 6.58. The molecule has 1 amide bonds. The molecule has 0 unspecified atom stereocenters. The van der Waals surface area contributed by atoms with Crippen LogP contribution in [0.1, 0.15) is 5.56 Å². The van der Waals surface area contributed by atoms with Gasteiger partial charge in [0.1, 0.15) is 11.5 Å². The Bertz CT molecular complexity index is 1130. The zero-order chi connectivity index (χ0) is 21.6. The van der Waals surface area contributed by atoms with Gasteiger partial charge >= 0.3 is 0 Å². The van der Waals surface area contributed by atoms with E-state index in [9.17, 15) is 13.2 Å². The van der Waals surface area contributed by atoms with E-state index in [-0.39, 0.29) is 17.4 Å². The highest BCUT2D eigenvalue weighted by atomic mass is 32.2. The lowest BCUT2D eigenvalue weighted by Crippen LogP contribution is -2.20. The number of amides is 1. The highest BCUT2D eigenvalue weighted by Gasteiger charge is 2.15. The highest BCUT2D eigenvalue weighted by Crippen LogP contribution is 2.21. The van der Waals surface area contributed by atoms with Crippen molar-refractivity contribution in [3.8, 4) is 11.5 Å². The first-order chi connectivity index (χ1) is 14.4. The van der Waals surface area contributed by atoms with E-state index in [4.69, 9.17) is 9.47 Å². The number of sulfonamides is 1. The molecule has 0 saturated heterocycles. The number of hydrogen-bond acceptors (Lipinski definition) is 5. The zero-order valence-corrected chi connectivity index (χ0v) is 17.4. The van der Waals surface area contributed by atoms with Gasteiger partial charge in [0.25, 0.3) is 15.9 Å². The number of anilines is 2. The van der Waals surface area contributed by atoms with Crippen LogP contribution in [0.15, 0.2) is 77.7 Å². The summed E-state index contributed by atoms with van der Waals surface area (Å²) in [5.74, 6) is 0.664. The smallest absolute Gasteiger partial charge is 0.262 e. The number of carbonyl (C=O) groups is 1. The first kappa shape index (κ1) is 21.2. The van der Waals surface area contributed by atoms with E-state index in [0.717, 1.165) is 5.56 Å². The number of aryl methyl sites for hydroxylation is 1. The van der Waals surface area contributed by atoms with Gasteiger partial charge in [-0.15, -0.1) is 0 Å². The molecule has 3 rings (SSSR count). The molecule has 30 heavy (non-hydrogen) atoms. The van der Waals surface area contributed by atoms with Gasteiger partial charge in [-0.1, -0.05) is 24.3 Å². The molecular weight excluding hydrogens is 404 g/mol. The lowest BCUT2D eigenvalue weighted by atomic mass is 10.2. The Morgan fingerprint density at radius 2 is 1.67 bits per heavy atom. The molecule has 0 bridgehead atoms. The summed E-state index contributed by atoms with van der Waals surface area (Å²) >= 11 is 0. The molecular formula is C22H22N2O5S. The maximum absolute atomic E-state index is 12.6. The van der Waals surface area contributed by atoms with Crippen LogP contribution < -0.4 is 19.5 Å². The molecule has 7 nitrogen and oxygen atoms in total. The number of nitrogens with one attached hydrogen (secondary N) is 2. The highest BCUT2D eigenvalue weighted by molar-refractivity contribution is 7.92. The van der Waals surface area contributed by atoms with Gasteiger partial charge in [-0.2, -0.15) is 0 Å². The van der Waals surface area contributed by atoms with Gasteiger partial charge < -0.3 is 14.8 Å². The predicted octanol–water partition coefficient (Wildman–Crippen LogP) is 3.82. The monoisotopic (exact) mass is 426 g/mol. The molecule has 0 spiro atoms. The third-order valence-corrected chi connectivity index (χ3v) is 5.63. The molecule has 0 aliphatic heterocycles. The fourth-order valence-electron chi connectivity index (χ4n) is 2.65. The molecule has 0 heterocycles. The number of carbonyl (C=O) groups excluding carboxylic acids is 1. The minimum atomic E-state index is -3.73. The number of hydrogen-bond donors (Lipinski definition) is 2. The quantitative estimate of drug-likeness (QED) is 0.571. The standard InChI is InChI=1S/C22H22N2O5S/c1-16-6-3-4-9-21(16)24-30(26,27)20-12-10-18(11-13-20)29-15-22(25)23-17-7-5-8-19(14-17)28-2/h3-14,24H,15H2,1-2H3,(H,23,25). The summed E-state index contributed by atoms with van der Waals surface area (Å²) in [6.45, 7) is 1.61. The average Bonchev–Trinajstić information content (AvgIpc) is 2.74. The molecule has 0 aliphatic rings. The second kappa shape index (κ2) is 9.32. The van der Waals surface area contributed by atoms with Crippen molar-refractivity contribution >= 4 is 27.3 Å². The third kappa shape index (κ3) is 5.51. The fraction of sp³-hybridized carbons (Fsp3) is 0.136. The van der Waals surface area contributed by atoms with Gasteiger partial charge in [0, 0.05) is 11.8 Å². The van der Waals surface area contributed by atoms with E-state index < -0.39 is 10.0 Å². The van der Waals surface area contributed by atoms with Crippen molar-refractivity contribution in [2.75, 3.05) is 23.8 Å². The van der Waals surface area contributed by atoms with Crippen molar-refractivity contribution in [3.05, 3.63) is 78.4 Å². The molecule has 8 heteroatoms. The normalized spacial score (nSPS) is 10.9. The maximum Gasteiger partial charge on any atom is 0.262 e. The van der Waals surface area contributed by atoms with Crippen molar-refractivity contribution in [1.29, 1.82) is 0 Å². The molecule has 156 valence electrons. The molecule has 0 aromatic heterocycles. The Balaban J connectivity index is 1.58. The topological polar surface area (TPSA) is 93.7 Å². The molecule has 3 aromatic carbocycles. The minimum absolute atomic E-state index is 0.0962. The molecule has 0 saturated carbocycles. The van der Waals surface area contributed by atoms with E-state index in [1.165, 1.54) is 24.3 Å². The Hall–Kier alpha value is -3.52. The first-order valence-electron chi connectivity index (χ1n) is 9.12. The van der Waals surface area contributed by atoms with Crippen LogP contribution in [-0.2, 0) is 14.8 Å². The van der Waals surface area contributed by atoms with E-state index in [1.54, 1.807) is 43.5 Å². The van der Waals surface area contributed by atoms with Crippen molar-refractivity contribution in [3.63, 3.8) is 0 Å². The van der Waals surface area contributed by atoms with Crippen LogP contribution >= 0.6 is 0 Å². The second-order valence-corrected chi connectivity index (χ2v) is 8.14. The summed E-state index contributed by atoms with van der Waals surface area (Å²) in [4.78, 5) is 12.2. The number of rotatable bonds is 8. The van der Waals surface area contributed by atoms with Crippen LogP contribution in [0.3, 0.4) is 0 Å². The van der Waals surface area contributed by atoms with Crippen LogP contribution in [-0.4, -0.2) is 28.0 Å². The average molecular weight is 426 g/mol. The van der Waals surface area contributed by atoms with Crippen LogP contribution in [0.25, 0.3) is 0 Å². The molecule has 0 fully saturated rings. The summed E-state index contributed by atoms with van der Waals surface area (Å²) in [5, 5.41) is 2.71. The zero-order valence-electron chi connectivity index (χ0n) is 16.6. The number of benzene rings is 3. The van der Waals surface area contributed by atoms with E-state index in [2.05, 4.69) is 10.0 Å². The van der Waals surface area contributed by atoms with Gasteiger partial charge in [-0.3, -0.25) is 9.52 Å². The van der Waals surface area contributed by atoms with Crippen molar-refractivity contribution in [1.82, 2.24) is 0 Å². The van der Waals surface area contributed by atoms with E-state index in [1.807, 2.05) is 19.1 Å². The van der Waals surface area contributed by atoms with Crippen molar-refractivity contribution in [2.45, 2.75) is 11.8 Å². The van der Waals surface area contributed by atoms with Gasteiger partial charge in [-0.05, 0) is 55.0 Å².